The maximum Gasteiger partial charge on any atom is 0.336 e. The summed E-state index contributed by atoms with van der Waals surface area (Å²) in [6.07, 6.45) is 0. The second kappa shape index (κ2) is 2.77. The molecule has 0 aliphatic carbocycles. The minimum absolute atomic E-state index is 0.0434. The van der Waals surface area contributed by atoms with Crippen LogP contribution < -0.4 is 0 Å². The molecule has 1 heterocycles. The molecule has 2 rings (SSSR count). The molecule has 2 aromatic rings. The zero-order valence-corrected chi connectivity index (χ0v) is 7.44. The number of carboxylic acid groups (broad SMARTS) is 1. The molecule has 0 saturated heterocycles. The van der Waals surface area contributed by atoms with Gasteiger partial charge in [-0.2, -0.15) is 0 Å². The van der Waals surface area contributed by atoms with Crippen LogP contribution in [-0.2, 0) is 0 Å². The molecule has 2 N–H and O–H groups in total. The van der Waals surface area contributed by atoms with Crippen LogP contribution in [0.1, 0.15) is 16.1 Å². The van der Waals surface area contributed by atoms with Crippen molar-refractivity contribution in [2.75, 3.05) is 0 Å². The molecule has 0 fully saturated rings. The molecule has 0 saturated carbocycles. The third-order valence-electron chi connectivity index (χ3n) is 2.02. The third kappa shape index (κ3) is 1.12. The molecule has 1 aromatic carbocycles. The van der Waals surface area contributed by atoms with Crippen LogP contribution in [0.5, 0.6) is 5.75 Å². The van der Waals surface area contributed by atoms with Gasteiger partial charge in [-0.25, -0.2) is 4.79 Å². The van der Waals surface area contributed by atoms with Gasteiger partial charge in [0.1, 0.15) is 5.76 Å². The minimum Gasteiger partial charge on any atom is -0.504 e. The number of phenols is 1. The monoisotopic (exact) mass is 192 g/mol. The summed E-state index contributed by atoms with van der Waals surface area (Å²) in [5.74, 6) is -0.502. The van der Waals surface area contributed by atoms with E-state index in [0.717, 1.165) is 0 Å². The van der Waals surface area contributed by atoms with E-state index in [2.05, 4.69) is 0 Å². The Balaban J connectivity index is 2.87. The fourth-order valence-electron chi connectivity index (χ4n) is 1.42. The van der Waals surface area contributed by atoms with Gasteiger partial charge in [-0.05, 0) is 25.1 Å². The van der Waals surface area contributed by atoms with Gasteiger partial charge in [0, 0.05) is 5.39 Å². The van der Waals surface area contributed by atoms with Gasteiger partial charge in [0.25, 0.3) is 0 Å². The summed E-state index contributed by atoms with van der Waals surface area (Å²) in [5.41, 5.74) is 0.358. The predicted molar refractivity (Wildman–Crippen MR) is 49.6 cm³/mol. The summed E-state index contributed by atoms with van der Waals surface area (Å²) in [5, 5.41) is 18.7. The van der Waals surface area contributed by atoms with E-state index in [1.165, 1.54) is 12.1 Å². The number of benzene rings is 1. The van der Waals surface area contributed by atoms with Crippen LogP contribution in [0.4, 0.5) is 0 Å². The summed E-state index contributed by atoms with van der Waals surface area (Å²) in [4.78, 5) is 10.8. The highest BCUT2D eigenvalue weighted by molar-refractivity contribution is 6.03. The van der Waals surface area contributed by atoms with Crippen LogP contribution >= 0.6 is 0 Å². The first-order valence-corrected chi connectivity index (χ1v) is 4.05. The van der Waals surface area contributed by atoms with E-state index in [-0.39, 0.29) is 16.9 Å². The number of aryl methyl sites for hydroxylation is 1. The molecule has 0 spiro atoms. The SMILES string of the molecule is Cc1cc2c(C(=O)O)ccc(O)c2o1. The first-order valence-electron chi connectivity index (χ1n) is 4.05. The molecule has 0 unspecified atom stereocenters. The van der Waals surface area contributed by atoms with Crippen molar-refractivity contribution in [2.45, 2.75) is 6.92 Å². The second-order valence-electron chi connectivity index (χ2n) is 3.04. The summed E-state index contributed by atoms with van der Waals surface area (Å²) < 4.78 is 5.18. The number of rotatable bonds is 1. The number of aromatic carboxylic acids is 1. The zero-order valence-electron chi connectivity index (χ0n) is 7.44. The van der Waals surface area contributed by atoms with E-state index in [4.69, 9.17) is 9.52 Å². The summed E-state index contributed by atoms with van der Waals surface area (Å²) >= 11 is 0. The number of furan rings is 1. The number of carboxylic acids is 1. The van der Waals surface area contributed by atoms with Crippen LogP contribution in [0.25, 0.3) is 11.0 Å². The lowest BCUT2D eigenvalue weighted by Crippen LogP contribution is -1.95. The summed E-state index contributed by atoms with van der Waals surface area (Å²) in [7, 11) is 0. The van der Waals surface area contributed by atoms with Crippen LogP contribution in [0.3, 0.4) is 0 Å². The van der Waals surface area contributed by atoms with Crippen LogP contribution in [0.15, 0.2) is 22.6 Å². The molecule has 0 bridgehead atoms. The van der Waals surface area contributed by atoms with Gasteiger partial charge in [0.15, 0.2) is 11.3 Å². The summed E-state index contributed by atoms with van der Waals surface area (Å²) in [6.45, 7) is 1.70. The highest BCUT2D eigenvalue weighted by Gasteiger charge is 2.14. The van der Waals surface area contributed by atoms with Crippen molar-refractivity contribution >= 4 is 16.9 Å². The van der Waals surface area contributed by atoms with Gasteiger partial charge in [-0.15, -0.1) is 0 Å². The van der Waals surface area contributed by atoms with E-state index >= 15 is 0 Å². The Kier molecular flexibility index (Phi) is 1.70. The molecular weight excluding hydrogens is 184 g/mol. The van der Waals surface area contributed by atoms with Crippen molar-refractivity contribution in [3.8, 4) is 5.75 Å². The van der Waals surface area contributed by atoms with E-state index in [1.807, 2.05) is 0 Å². The number of hydrogen-bond acceptors (Lipinski definition) is 3. The average Bonchev–Trinajstić information content (AvgIpc) is 2.47. The predicted octanol–water partition coefficient (Wildman–Crippen LogP) is 2.15. The lowest BCUT2D eigenvalue weighted by molar-refractivity contribution is 0.0699. The standard InChI is InChI=1S/C10H8O4/c1-5-4-7-6(10(12)13)2-3-8(11)9(7)14-5/h2-4,11H,1H3,(H,12,13). The number of carbonyl (C=O) groups is 1. The average molecular weight is 192 g/mol. The molecule has 1 aromatic heterocycles. The molecule has 0 amide bonds. The number of aromatic hydroxyl groups is 1. The van der Waals surface area contributed by atoms with Crippen molar-refractivity contribution in [1.29, 1.82) is 0 Å². The van der Waals surface area contributed by atoms with Crippen molar-refractivity contribution in [3.63, 3.8) is 0 Å². The Morgan fingerprint density at radius 2 is 2.14 bits per heavy atom. The fraction of sp³-hybridized carbons (Fsp3) is 0.100. The fourth-order valence-corrected chi connectivity index (χ4v) is 1.42. The van der Waals surface area contributed by atoms with Crippen LogP contribution in [0.2, 0.25) is 0 Å². The molecule has 0 aliphatic heterocycles. The maximum absolute atomic E-state index is 10.8. The quantitative estimate of drug-likeness (QED) is 0.726. The highest BCUT2D eigenvalue weighted by atomic mass is 16.4. The lowest BCUT2D eigenvalue weighted by Gasteiger charge is -1.97. The van der Waals surface area contributed by atoms with Gasteiger partial charge >= 0.3 is 5.97 Å². The molecule has 0 radical (unpaired) electrons. The Bertz CT molecular complexity index is 510. The first kappa shape index (κ1) is 8.62. The number of hydrogen-bond donors (Lipinski definition) is 2. The number of phenolic OH excluding ortho intramolecular Hbond substituents is 1. The van der Waals surface area contributed by atoms with E-state index < -0.39 is 5.97 Å². The van der Waals surface area contributed by atoms with Crippen molar-refractivity contribution in [3.05, 3.63) is 29.5 Å². The Morgan fingerprint density at radius 1 is 1.43 bits per heavy atom. The molecule has 4 heteroatoms. The first-order chi connectivity index (χ1) is 6.59. The largest absolute Gasteiger partial charge is 0.504 e. The molecule has 14 heavy (non-hydrogen) atoms. The maximum atomic E-state index is 10.8. The Hall–Kier alpha value is -1.97. The smallest absolute Gasteiger partial charge is 0.336 e. The topological polar surface area (TPSA) is 70.7 Å². The van der Waals surface area contributed by atoms with Crippen molar-refractivity contribution in [2.24, 2.45) is 0 Å². The van der Waals surface area contributed by atoms with E-state index in [1.54, 1.807) is 13.0 Å². The molecule has 72 valence electrons. The molecule has 0 aliphatic rings. The van der Waals surface area contributed by atoms with Crippen LogP contribution in [-0.4, -0.2) is 16.2 Å². The molecule has 0 atom stereocenters. The van der Waals surface area contributed by atoms with Crippen molar-refractivity contribution in [1.82, 2.24) is 0 Å². The minimum atomic E-state index is -1.03. The van der Waals surface area contributed by atoms with Gasteiger partial charge in [0.05, 0.1) is 5.56 Å². The van der Waals surface area contributed by atoms with Gasteiger partial charge in [-0.3, -0.25) is 0 Å². The molecule has 4 nitrogen and oxygen atoms in total. The second-order valence-corrected chi connectivity index (χ2v) is 3.04. The lowest BCUT2D eigenvalue weighted by atomic mass is 10.1. The third-order valence-corrected chi connectivity index (χ3v) is 2.02. The number of fused-ring (bicyclic) bond motifs is 1. The van der Waals surface area contributed by atoms with Gasteiger partial charge in [0.2, 0.25) is 0 Å². The van der Waals surface area contributed by atoms with Crippen molar-refractivity contribution < 1.29 is 19.4 Å². The van der Waals surface area contributed by atoms with E-state index in [9.17, 15) is 9.90 Å². The Morgan fingerprint density at radius 3 is 2.79 bits per heavy atom. The van der Waals surface area contributed by atoms with Gasteiger partial charge < -0.3 is 14.6 Å². The highest BCUT2D eigenvalue weighted by Crippen LogP contribution is 2.30. The zero-order chi connectivity index (χ0) is 10.3. The van der Waals surface area contributed by atoms with Gasteiger partial charge in [-0.1, -0.05) is 0 Å². The normalized spacial score (nSPS) is 10.6. The van der Waals surface area contributed by atoms with E-state index in [0.29, 0.717) is 11.1 Å². The Labute approximate surface area is 79.4 Å². The van der Waals surface area contributed by atoms with Crippen LogP contribution in [0, 0.1) is 6.92 Å². The summed E-state index contributed by atoms with van der Waals surface area (Å²) in [6, 6.07) is 4.27. The molecular formula is C10H8O4.